The third kappa shape index (κ3) is 6.04. The molecule has 0 aliphatic rings. The van der Waals surface area contributed by atoms with Gasteiger partial charge in [0.15, 0.2) is 0 Å². The second kappa shape index (κ2) is 11.0. The summed E-state index contributed by atoms with van der Waals surface area (Å²) in [5.41, 5.74) is 5.38. The maximum absolute atomic E-state index is 13.3. The van der Waals surface area contributed by atoms with Gasteiger partial charge in [-0.1, -0.05) is 48.0 Å². The highest BCUT2D eigenvalue weighted by molar-refractivity contribution is 8.00. The molecule has 1 aromatic heterocycles. The number of aromatic nitrogens is 1. The first-order valence-corrected chi connectivity index (χ1v) is 11.7. The second-order valence-corrected chi connectivity index (χ2v) is 8.83. The Balaban J connectivity index is 1.82. The lowest BCUT2D eigenvalue weighted by molar-refractivity contribution is -0.129. The number of nitrogens with one attached hydrogen (secondary N) is 1. The number of nitrogens with zero attached hydrogens (tertiary/aromatic N) is 1. The second-order valence-electron chi connectivity index (χ2n) is 7.79. The molecule has 5 nitrogen and oxygen atoms in total. The summed E-state index contributed by atoms with van der Waals surface area (Å²) < 4.78 is 5.17. The van der Waals surface area contributed by atoms with Crippen LogP contribution in [0.2, 0.25) is 0 Å². The smallest absolute Gasteiger partial charge is 0.355 e. The van der Waals surface area contributed by atoms with Gasteiger partial charge in [-0.3, -0.25) is 4.79 Å². The van der Waals surface area contributed by atoms with Crippen molar-refractivity contribution in [2.24, 2.45) is 0 Å². The van der Waals surface area contributed by atoms with Gasteiger partial charge >= 0.3 is 5.97 Å². The Morgan fingerprint density at radius 3 is 2.31 bits per heavy atom. The van der Waals surface area contributed by atoms with Crippen molar-refractivity contribution in [3.63, 3.8) is 0 Å². The van der Waals surface area contributed by atoms with Gasteiger partial charge in [0.05, 0.1) is 12.4 Å². The van der Waals surface area contributed by atoms with Crippen LogP contribution < -0.4 is 0 Å². The van der Waals surface area contributed by atoms with Gasteiger partial charge in [-0.05, 0) is 56.5 Å². The van der Waals surface area contributed by atoms with Crippen molar-refractivity contribution in [3.05, 3.63) is 88.2 Å². The van der Waals surface area contributed by atoms with Gasteiger partial charge in [0.25, 0.3) is 0 Å². The molecule has 168 valence electrons. The number of hydrogen-bond acceptors (Lipinski definition) is 4. The molecular weight excluding hydrogens is 420 g/mol. The first-order valence-electron chi connectivity index (χ1n) is 10.7. The van der Waals surface area contributed by atoms with E-state index in [1.54, 1.807) is 6.92 Å². The van der Waals surface area contributed by atoms with Crippen molar-refractivity contribution in [3.8, 4) is 0 Å². The first kappa shape index (κ1) is 23.7. The average molecular weight is 451 g/mol. The summed E-state index contributed by atoms with van der Waals surface area (Å²) in [6.45, 7) is 8.92. The predicted octanol–water partition coefficient (Wildman–Crippen LogP) is 5.44. The maximum atomic E-state index is 13.3. The van der Waals surface area contributed by atoms with Gasteiger partial charge in [-0.2, -0.15) is 0 Å². The van der Waals surface area contributed by atoms with Crippen LogP contribution in [0.3, 0.4) is 0 Å². The van der Waals surface area contributed by atoms with Crippen LogP contribution in [0.5, 0.6) is 0 Å². The largest absolute Gasteiger partial charge is 0.461 e. The molecule has 1 N–H and O–H groups in total. The summed E-state index contributed by atoms with van der Waals surface area (Å²) in [5, 5.41) is 0. The molecular formula is C26H30N2O3S. The van der Waals surface area contributed by atoms with Crippen molar-refractivity contribution < 1.29 is 14.3 Å². The number of aromatic amines is 1. The summed E-state index contributed by atoms with van der Waals surface area (Å²) in [6.07, 6.45) is 0. The lowest BCUT2D eigenvalue weighted by Crippen LogP contribution is -2.32. The van der Waals surface area contributed by atoms with Crippen LogP contribution in [-0.2, 0) is 22.6 Å². The van der Waals surface area contributed by atoms with Crippen molar-refractivity contribution in [2.45, 2.75) is 45.7 Å². The number of H-pyrrole nitrogens is 1. The van der Waals surface area contributed by atoms with E-state index in [1.807, 2.05) is 56.0 Å². The highest BCUT2D eigenvalue weighted by atomic mass is 32.2. The van der Waals surface area contributed by atoms with Crippen LogP contribution in [0.1, 0.15) is 45.4 Å². The number of benzene rings is 2. The van der Waals surface area contributed by atoms with Gasteiger partial charge in [0, 0.05) is 23.7 Å². The topological polar surface area (TPSA) is 62.4 Å². The van der Waals surface area contributed by atoms with E-state index >= 15 is 0 Å². The fraction of sp³-hybridized carbons (Fsp3) is 0.308. The Morgan fingerprint density at radius 2 is 1.66 bits per heavy atom. The van der Waals surface area contributed by atoms with Crippen molar-refractivity contribution >= 4 is 23.6 Å². The van der Waals surface area contributed by atoms with Crippen LogP contribution >= 0.6 is 11.8 Å². The monoisotopic (exact) mass is 450 g/mol. The molecule has 0 atom stereocenters. The zero-order valence-corrected chi connectivity index (χ0v) is 19.9. The van der Waals surface area contributed by atoms with Gasteiger partial charge < -0.3 is 14.6 Å². The van der Waals surface area contributed by atoms with E-state index in [1.165, 1.54) is 17.3 Å². The number of ether oxygens (including phenoxy) is 1. The average Bonchev–Trinajstić information content (AvgIpc) is 3.07. The summed E-state index contributed by atoms with van der Waals surface area (Å²) >= 11 is 1.53. The molecule has 1 heterocycles. The molecule has 0 aliphatic carbocycles. The standard InChI is InChI=1S/C26H30N2O3S/c1-5-31-26(30)25-19(3)23(20(4)27-25)16-28(15-21-13-11-18(2)12-14-21)24(29)17-32-22-9-7-6-8-10-22/h6-14,27H,5,15-17H2,1-4H3. The highest BCUT2D eigenvalue weighted by Crippen LogP contribution is 2.24. The summed E-state index contributed by atoms with van der Waals surface area (Å²) in [4.78, 5) is 31.6. The zero-order chi connectivity index (χ0) is 23.1. The zero-order valence-electron chi connectivity index (χ0n) is 19.1. The number of carbonyl (C=O) groups excluding carboxylic acids is 2. The summed E-state index contributed by atoms with van der Waals surface area (Å²) in [7, 11) is 0. The number of hydrogen-bond donors (Lipinski definition) is 1. The van der Waals surface area contributed by atoms with Crippen LogP contribution in [0.25, 0.3) is 0 Å². The molecule has 0 saturated carbocycles. The molecule has 1 amide bonds. The molecule has 6 heteroatoms. The Hall–Kier alpha value is -2.99. The summed E-state index contributed by atoms with van der Waals surface area (Å²) in [5.74, 6) is 0.0378. The molecule has 0 saturated heterocycles. The third-order valence-corrected chi connectivity index (χ3v) is 6.37. The van der Waals surface area contributed by atoms with E-state index < -0.39 is 0 Å². The SMILES string of the molecule is CCOC(=O)c1[nH]c(C)c(CN(Cc2ccc(C)cc2)C(=O)CSc2ccccc2)c1C. The van der Waals surface area contributed by atoms with E-state index in [-0.39, 0.29) is 11.9 Å². The minimum atomic E-state index is -0.365. The molecule has 0 bridgehead atoms. The number of thioether (sulfide) groups is 1. The summed E-state index contributed by atoms with van der Waals surface area (Å²) in [6, 6.07) is 18.2. The van der Waals surface area contributed by atoms with Crippen LogP contribution in [0, 0.1) is 20.8 Å². The molecule has 0 radical (unpaired) electrons. The highest BCUT2D eigenvalue weighted by Gasteiger charge is 2.22. The molecule has 0 unspecified atom stereocenters. The normalized spacial score (nSPS) is 10.8. The van der Waals surface area contributed by atoms with Crippen molar-refractivity contribution in [2.75, 3.05) is 12.4 Å². The van der Waals surface area contributed by atoms with Crippen molar-refractivity contribution in [1.29, 1.82) is 0 Å². The Kier molecular flexibility index (Phi) is 8.17. The van der Waals surface area contributed by atoms with E-state index in [2.05, 4.69) is 29.2 Å². The fourth-order valence-electron chi connectivity index (χ4n) is 3.52. The number of aryl methyl sites for hydroxylation is 2. The van der Waals surface area contributed by atoms with Crippen molar-refractivity contribution in [1.82, 2.24) is 9.88 Å². The molecule has 0 fully saturated rings. The molecule has 3 aromatic rings. The minimum absolute atomic E-state index is 0.0529. The lowest BCUT2D eigenvalue weighted by atomic mass is 10.1. The van der Waals surface area contributed by atoms with Gasteiger partial charge in [-0.15, -0.1) is 11.8 Å². The number of amides is 1. The van der Waals surface area contributed by atoms with E-state index in [4.69, 9.17) is 4.74 Å². The van der Waals surface area contributed by atoms with Crippen LogP contribution in [0.4, 0.5) is 0 Å². The van der Waals surface area contributed by atoms with Crippen LogP contribution in [-0.4, -0.2) is 34.1 Å². The first-order chi connectivity index (χ1) is 15.4. The van der Waals surface area contributed by atoms with Crippen LogP contribution in [0.15, 0.2) is 59.5 Å². The van der Waals surface area contributed by atoms with Gasteiger partial charge in [0.2, 0.25) is 5.91 Å². The molecule has 2 aromatic carbocycles. The lowest BCUT2D eigenvalue weighted by Gasteiger charge is -2.24. The fourth-order valence-corrected chi connectivity index (χ4v) is 4.35. The Morgan fingerprint density at radius 1 is 0.969 bits per heavy atom. The van der Waals surface area contributed by atoms with Gasteiger partial charge in [-0.25, -0.2) is 4.79 Å². The number of rotatable bonds is 9. The predicted molar refractivity (Wildman–Crippen MR) is 129 cm³/mol. The Labute approximate surface area is 194 Å². The van der Waals surface area contributed by atoms with E-state index in [0.29, 0.717) is 31.1 Å². The molecule has 0 aliphatic heterocycles. The molecule has 0 spiro atoms. The molecule has 32 heavy (non-hydrogen) atoms. The third-order valence-electron chi connectivity index (χ3n) is 5.37. The number of carbonyl (C=O) groups is 2. The maximum Gasteiger partial charge on any atom is 0.355 e. The minimum Gasteiger partial charge on any atom is -0.461 e. The molecule has 3 rings (SSSR count). The van der Waals surface area contributed by atoms with E-state index in [9.17, 15) is 9.59 Å². The van der Waals surface area contributed by atoms with Gasteiger partial charge in [0.1, 0.15) is 5.69 Å². The number of esters is 1. The Bertz CT molecular complexity index is 1060. The quantitative estimate of drug-likeness (QED) is 0.348. The van der Waals surface area contributed by atoms with E-state index in [0.717, 1.165) is 27.3 Å².